The molecule has 0 saturated carbocycles. The molecule has 1 heterocycles. The summed E-state index contributed by atoms with van der Waals surface area (Å²) in [6, 6.07) is 2.54. The van der Waals surface area contributed by atoms with Crippen LogP contribution in [-0.2, 0) is 0 Å². The topological polar surface area (TPSA) is 158 Å². The van der Waals surface area contributed by atoms with Gasteiger partial charge in [0.2, 0.25) is 0 Å². The highest BCUT2D eigenvalue weighted by atomic mass is 16.2. The lowest BCUT2D eigenvalue weighted by atomic mass is 10.4. The molecule has 1 rings (SSSR count). The van der Waals surface area contributed by atoms with Gasteiger partial charge in [0.05, 0.1) is 0 Å². The van der Waals surface area contributed by atoms with E-state index in [1.54, 1.807) is 0 Å². The van der Waals surface area contributed by atoms with Gasteiger partial charge in [0.25, 0.3) is 0 Å². The predicted molar refractivity (Wildman–Crippen MR) is 56.7 cm³/mol. The number of rotatable bonds is 2. The van der Waals surface area contributed by atoms with Crippen molar-refractivity contribution < 1.29 is 9.59 Å². The number of carbonyl (C=O) groups is 2. The first-order valence-electron chi connectivity index (χ1n) is 4.09. The van der Waals surface area contributed by atoms with Gasteiger partial charge in [-0.25, -0.2) is 36.3 Å². The first-order valence-corrected chi connectivity index (χ1v) is 4.09. The Balaban J connectivity index is 3.04. The quantitative estimate of drug-likeness (QED) is 0.276. The molecule has 0 radical (unpaired) electrons. The summed E-state index contributed by atoms with van der Waals surface area (Å²) in [5, 5.41) is 1.22. The fraction of sp³-hybridized carbons (Fsp3) is 0. The van der Waals surface area contributed by atoms with Crippen molar-refractivity contribution in [2.24, 2.45) is 23.2 Å². The molecule has 8 N–H and O–H groups in total. The van der Waals surface area contributed by atoms with Gasteiger partial charge in [0.1, 0.15) is 0 Å². The van der Waals surface area contributed by atoms with Gasteiger partial charge in [-0.05, 0) is 12.1 Å². The highest BCUT2D eigenvalue weighted by Crippen LogP contribution is 2.13. The second kappa shape index (κ2) is 4.42. The highest BCUT2D eigenvalue weighted by molar-refractivity contribution is 5.90. The van der Waals surface area contributed by atoms with Gasteiger partial charge in [0, 0.05) is 0 Å². The number of nitrogens with zero attached hydrogens (tertiary/aromatic N) is 3. The fourth-order valence-corrected chi connectivity index (χ4v) is 0.906. The molecule has 0 bridgehead atoms. The maximum atomic E-state index is 10.8. The highest BCUT2D eigenvalue weighted by Gasteiger charge is 2.13. The normalized spacial score (nSPS) is 9.62. The lowest BCUT2D eigenvalue weighted by molar-refractivity contribution is 0.253. The Morgan fingerprint density at radius 2 is 1.38 bits per heavy atom. The molecule has 4 amide bonds. The first kappa shape index (κ1) is 11.7. The van der Waals surface area contributed by atoms with Crippen LogP contribution in [-0.4, -0.2) is 17.0 Å². The van der Waals surface area contributed by atoms with E-state index in [0.29, 0.717) is 10.0 Å². The molecule has 0 fully saturated rings. The lowest BCUT2D eigenvalue weighted by Gasteiger charge is -2.16. The number of anilines is 2. The molecule has 0 aliphatic carbocycles. The second-order valence-corrected chi connectivity index (χ2v) is 2.77. The van der Waals surface area contributed by atoms with Gasteiger partial charge in [-0.3, -0.25) is 0 Å². The monoisotopic (exact) mass is 225 g/mol. The van der Waals surface area contributed by atoms with Gasteiger partial charge >= 0.3 is 12.1 Å². The third-order valence-electron chi connectivity index (χ3n) is 1.69. The molecular weight excluding hydrogens is 214 g/mol. The van der Waals surface area contributed by atoms with Crippen LogP contribution in [0.3, 0.4) is 0 Å². The Labute approximate surface area is 90.5 Å². The van der Waals surface area contributed by atoms with E-state index in [1.807, 2.05) is 0 Å². The number of aromatic nitrogens is 1. The summed E-state index contributed by atoms with van der Waals surface area (Å²) in [7, 11) is 0. The average Bonchev–Trinajstić information content (AvgIpc) is 2.26. The van der Waals surface area contributed by atoms with Crippen molar-refractivity contribution in [1.29, 1.82) is 0 Å². The molecule has 1 aromatic heterocycles. The van der Waals surface area contributed by atoms with Gasteiger partial charge in [-0.1, -0.05) is 6.07 Å². The average molecular weight is 225 g/mol. The summed E-state index contributed by atoms with van der Waals surface area (Å²) in [5.74, 6) is 10.7. The minimum absolute atomic E-state index is 0.0432. The minimum Gasteiger partial charge on any atom is -0.350 e. The zero-order valence-corrected chi connectivity index (χ0v) is 8.20. The Kier molecular flexibility index (Phi) is 3.23. The molecule has 9 heteroatoms. The van der Waals surface area contributed by atoms with E-state index in [1.165, 1.54) is 18.2 Å². The number of hydrogen-bond acceptors (Lipinski definition) is 5. The van der Waals surface area contributed by atoms with E-state index in [2.05, 4.69) is 4.98 Å². The standard InChI is InChI=1S/C7H11N7O2/c8-6(15)13(10)4-2-1-3-5(12-4)14(11)7(9)16/h1-3H,10-11H2,(H2,8,15)(H2,9,16). The number of hydrogen-bond donors (Lipinski definition) is 4. The van der Waals surface area contributed by atoms with Crippen molar-refractivity contribution in [3.63, 3.8) is 0 Å². The van der Waals surface area contributed by atoms with Crippen molar-refractivity contribution in [3.8, 4) is 0 Å². The van der Waals surface area contributed by atoms with Crippen LogP contribution < -0.4 is 33.2 Å². The molecule has 0 aliphatic heterocycles. The van der Waals surface area contributed by atoms with Gasteiger partial charge in [0.15, 0.2) is 11.6 Å². The Morgan fingerprint density at radius 3 is 1.69 bits per heavy atom. The van der Waals surface area contributed by atoms with Gasteiger partial charge < -0.3 is 11.5 Å². The summed E-state index contributed by atoms with van der Waals surface area (Å²) >= 11 is 0. The van der Waals surface area contributed by atoms with Crippen LogP contribution in [0.1, 0.15) is 0 Å². The van der Waals surface area contributed by atoms with Gasteiger partial charge in [-0.2, -0.15) is 0 Å². The molecule has 86 valence electrons. The molecule has 1 aromatic rings. The van der Waals surface area contributed by atoms with Crippen LogP contribution in [0.25, 0.3) is 0 Å². The van der Waals surface area contributed by atoms with Crippen LogP contribution in [0.4, 0.5) is 21.2 Å². The second-order valence-electron chi connectivity index (χ2n) is 2.77. The molecule has 16 heavy (non-hydrogen) atoms. The Bertz CT molecular complexity index is 386. The van der Waals surface area contributed by atoms with Crippen LogP contribution in [0, 0.1) is 0 Å². The Morgan fingerprint density at radius 1 is 1.00 bits per heavy atom. The number of amides is 4. The fourth-order valence-electron chi connectivity index (χ4n) is 0.906. The van der Waals surface area contributed by atoms with E-state index in [0.717, 1.165) is 0 Å². The summed E-state index contributed by atoms with van der Waals surface area (Å²) in [6.45, 7) is 0. The van der Waals surface area contributed by atoms with Crippen LogP contribution in [0.15, 0.2) is 18.2 Å². The third kappa shape index (κ3) is 2.34. The van der Waals surface area contributed by atoms with E-state index < -0.39 is 12.1 Å². The van der Waals surface area contributed by atoms with Crippen molar-refractivity contribution in [2.45, 2.75) is 0 Å². The number of urea groups is 2. The Hall–Kier alpha value is -2.39. The minimum atomic E-state index is -0.896. The smallest absolute Gasteiger partial charge is 0.335 e. The summed E-state index contributed by atoms with van der Waals surface area (Å²) in [5.41, 5.74) is 9.88. The van der Waals surface area contributed by atoms with Crippen molar-refractivity contribution in [3.05, 3.63) is 18.2 Å². The zero-order valence-electron chi connectivity index (χ0n) is 8.20. The maximum absolute atomic E-state index is 10.8. The number of primary amides is 2. The van der Waals surface area contributed by atoms with Crippen molar-refractivity contribution in [1.82, 2.24) is 4.98 Å². The summed E-state index contributed by atoms with van der Waals surface area (Å²) in [6.07, 6.45) is 0. The zero-order chi connectivity index (χ0) is 12.3. The summed E-state index contributed by atoms with van der Waals surface area (Å²) < 4.78 is 0. The molecule has 0 aliphatic rings. The molecule has 0 unspecified atom stereocenters. The van der Waals surface area contributed by atoms with E-state index in [9.17, 15) is 9.59 Å². The largest absolute Gasteiger partial charge is 0.350 e. The maximum Gasteiger partial charge on any atom is 0.335 e. The molecule has 0 spiro atoms. The van der Waals surface area contributed by atoms with Crippen LogP contribution >= 0.6 is 0 Å². The van der Waals surface area contributed by atoms with Crippen molar-refractivity contribution >= 4 is 23.7 Å². The van der Waals surface area contributed by atoms with Crippen LogP contribution in [0.2, 0.25) is 0 Å². The van der Waals surface area contributed by atoms with E-state index in [4.69, 9.17) is 23.2 Å². The van der Waals surface area contributed by atoms with Gasteiger partial charge in [-0.15, -0.1) is 0 Å². The molecule has 0 atom stereocenters. The van der Waals surface area contributed by atoms with Crippen LogP contribution in [0.5, 0.6) is 0 Å². The number of carbonyl (C=O) groups excluding carboxylic acids is 2. The number of hydrazine groups is 2. The number of pyridine rings is 1. The van der Waals surface area contributed by atoms with E-state index >= 15 is 0 Å². The third-order valence-corrected chi connectivity index (χ3v) is 1.69. The molecular formula is C7H11N7O2. The summed E-state index contributed by atoms with van der Waals surface area (Å²) in [4.78, 5) is 25.3. The number of nitrogens with two attached hydrogens (primary N) is 4. The predicted octanol–water partition coefficient (Wildman–Crippen LogP) is -1.40. The van der Waals surface area contributed by atoms with E-state index in [-0.39, 0.29) is 11.6 Å². The molecule has 0 saturated heterocycles. The SMILES string of the molecule is NC(=O)N(N)c1cccc(N(N)C(N)=O)n1. The lowest BCUT2D eigenvalue weighted by Crippen LogP contribution is -2.44. The van der Waals surface area contributed by atoms with Crippen molar-refractivity contribution in [2.75, 3.05) is 10.0 Å². The first-order chi connectivity index (χ1) is 7.43. The molecule has 9 nitrogen and oxygen atoms in total. The molecule has 0 aromatic carbocycles.